The zero-order valence-corrected chi connectivity index (χ0v) is 18.6. The summed E-state index contributed by atoms with van der Waals surface area (Å²) in [7, 11) is -4.87. The smallest absolute Gasteiger partial charge is 0.304 e. The number of alkyl halides is 2. The summed E-state index contributed by atoms with van der Waals surface area (Å²) in [5.74, 6) is 0. The number of benzene rings is 3. The molecule has 0 saturated carbocycles. The van der Waals surface area contributed by atoms with Crippen molar-refractivity contribution >= 4 is 51.6 Å². The Balaban J connectivity index is 1.75. The van der Waals surface area contributed by atoms with Crippen molar-refractivity contribution in [2.75, 3.05) is 6.61 Å². The molecule has 2 unspecified atom stereocenters. The van der Waals surface area contributed by atoms with Crippen LogP contribution in [0.2, 0.25) is 5.02 Å². The summed E-state index contributed by atoms with van der Waals surface area (Å²) >= 11 is 9.15. The van der Waals surface area contributed by atoms with Gasteiger partial charge in [0.2, 0.25) is 0 Å². The van der Waals surface area contributed by atoms with Crippen molar-refractivity contribution in [3.63, 3.8) is 0 Å². The van der Waals surface area contributed by atoms with Gasteiger partial charge in [0.1, 0.15) is 0 Å². The number of fused-ring (bicyclic) bond motifs is 1. The van der Waals surface area contributed by atoms with Crippen molar-refractivity contribution in [2.45, 2.75) is 18.2 Å². The number of halogens is 4. The minimum Gasteiger partial charge on any atom is -0.304 e. The molecule has 0 bridgehead atoms. The Morgan fingerprint density at radius 3 is 2.70 bits per heavy atom. The van der Waals surface area contributed by atoms with Crippen molar-refractivity contribution in [2.24, 2.45) is 0 Å². The van der Waals surface area contributed by atoms with Crippen LogP contribution in [0, 0.1) is 6.57 Å². The largest absolute Gasteiger partial charge is 0.405 e. The van der Waals surface area contributed by atoms with Crippen LogP contribution >= 0.6 is 35.1 Å². The van der Waals surface area contributed by atoms with E-state index >= 15 is 8.78 Å². The lowest BCUT2D eigenvalue weighted by atomic mass is 10.1. The molecule has 3 aromatic carbocycles. The van der Waals surface area contributed by atoms with E-state index in [4.69, 9.17) is 27.2 Å². The fraction of sp³-hybridized carbons (Fsp3) is 0.190. The summed E-state index contributed by atoms with van der Waals surface area (Å²) in [4.78, 5) is 3.32. The van der Waals surface area contributed by atoms with E-state index in [1.54, 1.807) is 36.4 Å². The van der Waals surface area contributed by atoms with Gasteiger partial charge < -0.3 is 4.52 Å². The van der Waals surface area contributed by atoms with Crippen LogP contribution in [-0.2, 0) is 19.3 Å². The van der Waals surface area contributed by atoms with Gasteiger partial charge >= 0.3 is 13.3 Å². The minimum absolute atomic E-state index is 0.0721. The molecule has 1 fully saturated rings. The quantitative estimate of drug-likeness (QED) is 0.262. The van der Waals surface area contributed by atoms with Crippen LogP contribution < -0.4 is 0 Å². The first-order valence-corrected chi connectivity index (χ1v) is 11.6. The summed E-state index contributed by atoms with van der Waals surface area (Å²) in [6.07, 6.45) is -0.560. The first-order valence-electron chi connectivity index (χ1n) is 8.91. The highest BCUT2D eigenvalue weighted by Gasteiger charge is 2.58. The zero-order valence-electron chi connectivity index (χ0n) is 15.3. The van der Waals surface area contributed by atoms with Gasteiger partial charge in [-0.05, 0) is 46.7 Å². The minimum atomic E-state index is -4.87. The van der Waals surface area contributed by atoms with Crippen LogP contribution in [0.25, 0.3) is 15.6 Å². The number of nitrogens with zero attached hydrogens (tertiary/aromatic N) is 1. The van der Waals surface area contributed by atoms with Crippen LogP contribution in [0.3, 0.4) is 0 Å². The molecule has 0 radical (unpaired) electrons. The molecule has 0 N–H and O–H groups in total. The normalized spacial score (nSPS) is 22.0. The predicted octanol–water partition coefficient (Wildman–Crippen LogP) is 8.23. The van der Waals surface area contributed by atoms with Crippen molar-refractivity contribution in [3.05, 3.63) is 86.6 Å². The van der Waals surface area contributed by atoms with Gasteiger partial charge in [-0.2, -0.15) is 8.78 Å². The van der Waals surface area contributed by atoms with Crippen LogP contribution in [0.5, 0.6) is 0 Å². The van der Waals surface area contributed by atoms with Crippen LogP contribution in [0.1, 0.15) is 23.7 Å². The monoisotopic (exact) mass is 511 g/mol. The van der Waals surface area contributed by atoms with E-state index in [-0.39, 0.29) is 17.5 Å². The molecule has 30 heavy (non-hydrogen) atoms. The standard InChI is InChI=1S/C21H14BrClF2NO3P/c1-26-17-6-5-13-12-19(22)18(11-15(13)10-17)21(24,25)30(27)28-8-7-20(29-30)14-3-2-4-16(23)9-14/h2-6,9-12,20H,7-8H2. The van der Waals surface area contributed by atoms with Gasteiger partial charge in [0.15, 0.2) is 5.69 Å². The second-order valence-electron chi connectivity index (χ2n) is 6.78. The molecule has 1 aliphatic heterocycles. The van der Waals surface area contributed by atoms with E-state index in [1.165, 1.54) is 18.2 Å². The molecule has 2 atom stereocenters. The summed E-state index contributed by atoms with van der Waals surface area (Å²) in [6.45, 7) is 6.98. The first-order chi connectivity index (χ1) is 14.2. The molecule has 0 amide bonds. The molecule has 4 rings (SSSR count). The Morgan fingerprint density at radius 1 is 1.17 bits per heavy atom. The van der Waals surface area contributed by atoms with Crippen molar-refractivity contribution in [1.82, 2.24) is 0 Å². The Kier molecular flexibility index (Phi) is 5.73. The lowest BCUT2D eigenvalue weighted by Crippen LogP contribution is -2.24. The zero-order chi connectivity index (χ0) is 21.5. The van der Waals surface area contributed by atoms with E-state index in [0.717, 1.165) is 0 Å². The number of hydrogen-bond acceptors (Lipinski definition) is 3. The molecule has 1 aliphatic rings. The summed E-state index contributed by atoms with van der Waals surface area (Å²) in [5, 5.41) is 1.52. The maximum atomic E-state index is 15.5. The van der Waals surface area contributed by atoms with E-state index < -0.39 is 24.9 Å². The molecule has 154 valence electrons. The average molecular weight is 513 g/mol. The van der Waals surface area contributed by atoms with Gasteiger partial charge in [-0.3, -0.25) is 9.09 Å². The third-order valence-corrected chi connectivity index (χ3v) is 7.71. The van der Waals surface area contributed by atoms with Gasteiger partial charge in [0.05, 0.1) is 19.3 Å². The molecule has 0 aliphatic carbocycles. The molecule has 0 spiro atoms. The molecule has 9 heteroatoms. The summed E-state index contributed by atoms with van der Waals surface area (Å²) < 4.78 is 54.8. The second kappa shape index (κ2) is 8.03. The Morgan fingerprint density at radius 2 is 1.97 bits per heavy atom. The lowest BCUT2D eigenvalue weighted by molar-refractivity contribution is -0.00547. The van der Waals surface area contributed by atoms with Crippen LogP contribution in [0.4, 0.5) is 14.5 Å². The van der Waals surface area contributed by atoms with Gasteiger partial charge in [-0.15, -0.1) is 0 Å². The highest BCUT2D eigenvalue weighted by molar-refractivity contribution is 9.10. The molecule has 0 aromatic heterocycles. The molecule has 4 nitrogen and oxygen atoms in total. The van der Waals surface area contributed by atoms with Gasteiger partial charge in [-0.1, -0.05) is 51.8 Å². The predicted molar refractivity (Wildman–Crippen MR) is 115 cm³/mol. The summed E-state index contributed by atoms with van der Waals surface area (Å²) in [6, 6.07) is 14.1. The summed E-state index contributed by atoms with van der Waals surface area (Å²) in [5.41, 5.74) is -3.56. The molecule has 1 saturated heterocycles. The number of hydrogen-bond donors (Lipinski definition) is 0. The molecular formula is C21H14BrClF2NO3P. The lowest BCUT2D eigenvalue weighted by Gasteiger charge is -2.34. The highest BCUT2D eigenvalue weighted by atomic mass is 79.9. The Labute approximate surface area is 185 Å². The van der Waals surface area contributed by atoms with Gasteiger partial charge in [-0.25, -0.2) is 4.85 Å². The van der Waals surface area contributed by atoms with E-state index in [9.17, 15) is 4.57 Å². The molecule has 3 aromatic rings. The van der Waals surface area contributed by atoms with E-state index in [1.807, 2.05) is 0 Å². The maximum absolute atomic E-state index is 15.5. The SMILES string of the molecule is [C-]#[N+]c1ccc2cc(Br)c(C(F)(F)P3(=O)OCCC(c4cccc(Cl)c4)O3)cc2c1. The van der Waals surface area contributed by atoms with E-state index in [0.29, 0.717) is 27.0 Å². The molecule has 1 heterocycles. The maximum Gasteiger partial charge on any atom is 0.405 e. The van der Waals surface area contributed by atoms with Crippen molar-refractivity contribution in [3.8, 4) is 0 Å². The third kappa shape index (κ3) is 3.79. The highest BCUT2D eigenvalue weighted by Crippen LogP contribution is 2.71. The molecular weight excluding hydrogens is 499 g/mol. The third-order valence-electron chi connectivity index (χ3n) is 4.83. The van der Waals surface area contributed by atoms with Crippen LogP contribution in [0.15, 0.2) is 59.1 Å². The average Bonchev–Trinajstić information content (AvgIpc) is 2.72. The van der Waals surface area contributed by atoms with Crippen molar-refractivity contribution in [1.29, 1.82) is 0 Å². The fourth-order valence-corrected chi connectivity index (χ4v) is 6.02. The van der Waals surface area contributed by atoms with Crippen LogP contribution in [-0.4, -0.2) is 6.61 Å². The topological polar surface area (TPSA) is 39.9 Å². The fourth-order valence-electron chi connectivity index (χ4n) is 3.32. The van der Waals surface area contributed by atoms with Gasteiger partial charge in [0.25, 0.3) is 0 Å². The van der Waals surface area contributed by atoms with E-state index in [2.05, 4.69) is 20.8 Å². The first kappa shape index (κ1) is 21.4. The van der Waals surface area contributed by atoms with Crippen molar-refractivity contribution < 1.29 is 22.4 Å². The Hall–Kier alpha value is -1.81. The number of rotatable bonds is 3. The Bertz CT molecular complexity index is 1230. The second-order valence-corrected chi connectivity index (χ2v) is 10.1. The van der Waals surface area contributed by atoms with Gasteiger partial charge in [0, 0.05) is 21.5 Å².